The van der Waals surface area contributed by atoms with E-state index < -0.39 is 0 Å². The standard InChI is InChI=1S/C13H25N5/c1-11(2)8-13(6-4-5-7-13)10-18-12(9-14-3)15-16-17-18/h11,14H,4-10H2,1-3H3. The Labute approximate surface area is 109 Å². The van der Waals surface area contributed by atoms with E-state index in [1.807, 2.05) is 11.7 Å². The van der Waals surface area contributed by atoms with Crippen LogP contribution in [0.15, 0.2) is 0 Å². The highest BCUT2D eigenvalue weighted by Crippen LogP contribution is 2.44. The topological polar surface area (TPSA) is 55.6 Å². The van der Waals surface area contributed by atoms with Crippen molar-refractivity contribution in [3.8, 4) is 0 Å². The summed E-state index contributed by atoms with van der Waals surface area (Å²) >= 11 is 0. The molecule has 1 aliphatic carbocycles. The van der Waals surface area contributed by atoms with Gasteiger partial charge in [-0.15, -0.1) is 5.10 Å². The van der Waals surface area contributed by atoms with Crippen LogP contribution in [0.4, 0.5) is 0 Å². The summed E-state index contributed by atoms with van der Waals surface area (Å²) in [5.41, 5.74) is 0.423. The van der Waals surface area contributed by atoms with Gasteiger partial charge in [0.05, 0.1) is 13.1 Å². The Bertz CT molecular complexity index is 365. The first-order valence-electron chi connectivity index (χ1n) is 7.05. The quantitative estimate of drug-likeness (QED) is 0.840. The fraction of sp³-hybridized carbons (Fsp3) is 0.923. The van der Waals surface area contributed by atoms with Crippen LogP contribution in [0.5, 0.6) is 0 Å². The van der Waals surface area contributed by atoms with E-state index in [-0.39, 0.29) is 0 Å². The Morgan fingerprint density at radius 3 is 2.67 bits per heavy atom. The van der Waals surface area contributed by atoms with Gasteiger partial charge in [0.2, 0.25) is 0 Å². The highest BCUT2D eigenvalue weighted by molar-refractivity contribution is 4.89. The maximum Gasteiger partial charge on any atom is 0.165 e. The molecule has 1 saturated carbocycles. The number of aromatic nitrogens is 4. The fourth-order valence-corrected chi connectivity index (χ4v) is 3.37. The molecule has 1 N–H and O–H groups in total. The third-order valence-electron chi connectivity index (χ3n) is 3.93. The van der Waals surface area contributed by atoms with Crippen LogP contribution in [0.2, 0.25) is 0 Å². The first kappa shape index (κ1) is 13.5. The molecule has 0 spiro atoms. The minimum atomic E-state index is 0.423. The molecule has 0 atom stereocenters. The Morgan fingerprint density at radius 1 is 1.33 bits per heavy atom. The lowest BCUT2D eigenvalue weighted by atomic mass is 9.78. The van der Waals surface area contributed by atoms with Crippen LogP contribution in [-0.4, -0.2) is 27.3 Å². The molecule has 102 valence electrons. The van der Waals surface area contributed by atoms with Crippen molar-refractivity contribution < 1.29 is 0 Å². The van der Waals surface area contributed by atoms with E-state index in [9.17, 15) is 0 Å². The average molecular weight is 251 g/mol. The summed E-state index contributed by atoms with van der Waals surface area (Å²) < 4.78 is 2.00. The van der Waals surface area contributed by atoms with Crippen molar-refractivity contribution in [3.63, 3.8) is 0 Å². The predicted octanol–water partition coefficient (Wildman–Crippen LogP) is 2.00. The van der Waals surface area contributed by atoms with Crippen LogP contribution in [-0.2, 0) is 13.1 Å². The monoisotopic (exact) mass is 251 g/mol. The predicted molar refractivity (Wildman–Crippen MR) is 70.9 cm³/mol. The SMILES string of the molecule is CNCc1nnnn1CC1(CC(C)C)CCCC1. The Hall–Kier alpha value is -0.970. The highest BCUT2D eigenvalue weighted by atomic mass is 15.5. The number of hydrogen-bond acceptors (Lipinski definition) is 4. The molecule has 0 saturated heterocycles. The van der Waals surface area contributed by atoms with Crippen LogP contribution >= 0.6 is 0 Å². The minimum absolute atomic E-state index is 0.423. The van der Waals surface area contributed by atoms with Gasteiger partial charge in [0.15, 0.2) is 5.82 Å². The Balaban J connectivity index is 2.10. The zero-order valence-corrected chi connectivity index (χ0v) is 11.8. The largest absolute Gasteiger partial charge is 0.313 e. The van der Waals surface area contributed by atoms with Crippen molar-refractivity contribution in [2.75, 3.05) is 7.05 Å². The maximum atomic E-state index is 4.17. The van der Waals surface area contributed by atoms with Crippen LogP contribution in [0.1, 0.15) is 51.8 Å². The molecule has 18 heavy (non-hydrogen) atoms. The lowest BCUT2D eigenvalue weighted by Gasteiger charge is -2.30. The molecule has 1 aromatic rings. The molecule has 0 bridgehead atoms. The zero-order chi connectivity index (χ0) is 13.0. The zero-order valence-electron chi connectivity index (χ0n) is 11.8. The normalized spacial score (nSPS) is 18.7. The van der Waals surface area contributed by atoms with Crippen LogP contribution in [0.3, 0.4) is 0 Å². The molecule has 2 rings (SSSR count). The number of tetrazole rings is 1. The van der Waals surface area contributed by atoms with Gasteiger partial charge < -0.3 is 5.32 Å². The highest BCUT2D eigenvalue weighted by Gasteiger charge is 2.35. The molecule has 0 radical (unpaired) electrons. The smallest absolute Gasteiger partial charge is 0.165 e. The molecule has 5 nitrogen and oxygen atoms in total. The second-order valence-electron chi connectivity index (χ2n) is 6.09. The van der Waals surface area contributed by atoms with Crippen molar-refractivity contribution in [2.45, 2.75) is 59.0 Å². The van der Waals surface area contributed by atoms with Gasteiger partial charge in [-0.3, -0.25) is 0 Å². The molecule has 1 aromatic heterocycles. The van der Waals surface area contributed by atoms with Gasteiger partial charge in [-0.1, -0.05) is 26.7 Å². The second-order valence-corrected chi connectivity index (χ2v) is 6.09. The van der Waals surface area contributed by atoms with E-state index >= 15 is 0 Å². The molecular formula is C13H25N5. The summed E-state index contributed by atoms with van der Waals surface area (Å²) in [6.07, 6.45) is 6.65. The molecule has 5 heteroatoms. The van der Waals surface area contributed by atoms with Gasteiger partial charge in [0, 0.05) is 0 Å². The number of hydrogen-bond donors (Lipinski definition) is 1. The first-order chi connectivity index (χ1) is 8.65. The number of rotatable bonds is 6. The van der Waals surface area contributed by atoms with Gasteiger partial charge in [-0.05, 0) is 48.1 Å². The molecule has 1 heterocycles. The molecule has 0 amide bonds. The van der Waals surface area contributed by atoms with Crippen LogP contribution < -0.4 is 5.32 Å². The fourth-order valence-electron chi connectivity index (χ4n) is 3.37. The molecule has 0 aromatic carbocycles. The van der Waals surface area contributed by atoms with Gasteiger partial charge in [0.1, 0.15) is 0 Å². The third kappa shape index (κ3) is 3.07. The van der Waals surface area contributed by atoms with Crippen LogP contribution in [0, 0.1) is 11.3 Å². The Kier molecular flexibility index (Phi) is 4.32. The van der Waals surface area contributed by atoms with Crippen molar-refractivity contribution >= 4 is 0 Å². The molecule has 0 unspecified atom stereocenters. The van der Waals surface area contributed by atoms with Crippen LogP contribution in [0.25, 0.3) is 0 Å². The van der Waals surface area contributed by atoms with Crippen molar-refractivity contribution in [3.05, 3.63) is 5.82 Å². The van der Waals surface area contributed by atoms with E-state index in [1.54, 1.807) is 0 Å². The van der Waals surface area contributed by atoms with Crippen molar-refractivity contribution in [1.29, 1.82) is 0 Å². The van der Waals surface area contributed by atoms with Crippen molar-refractivity contribution in [2.24, 2.45) is 11.3 Å². The van der Waals surface area contributed by atoms with Crippen molar-refractivity contribution in [1.82, 2.24) is 25.5 Å². The number of nitrogens with zero attached hydrogens (tertiary/aromatic N) is 4. The first-order valence-corrected chi connectivity index (χ1v) is 7.05. The molecule has 1 fully saturated rings. The summed E-state index contributed by atoms with van der Waals surface area (Å²) in [6.45, 7) is 6.35. The van der Waals surface area contributed by atoms with E-state index in [2.05, 4.69) is 34.7 Å². The summed E-state index contributed by atoms with van der Waals surface area (Å²) in [5.74, 6) is 1.69. The summed E-state index contributed by atoms with van der Waals surface area (Å²) in [5, 5.41) is 15.2. The summed E-state index contributed by atoms with van der Waals surface area (Å²) in [7, 11) is 1.93. The molecular weight excluding hydrogens is 226 g/mol. The van der Waals surface area contributed by atoms with Gasteiger partial charge in [-0.2, -0.15) is 0 Å². The third-order valence-corrected chi connectivity index (χ3v) is 3.93. The summed E-state index contributed by atoms with van der Waals surface area (Å²) in [4.78, 5) is 0. The van der Waals surface area contributed by atoms with E-state index in [0.29, 0.717) is 5.41 Å². The lowest BCUT2D eigenvalue weighted by molar-refractivity contribution is 0.185. The number of nitrogens with one attached hydrogen (secondary N) is 1. The Morgan fingerprint density at radius 2 is 2.06 bits per heavy atom. The average Bonchev–Trinajstić information content (AvgIpc) is 2.90. The molecule has 0 aliphatic heterocycles. The van der Waals surface area contributed by atoms with Gasteiger partial charge in [-0.25, -0.2) is 4.68 Å². The van der Waals surface area contributed by atoms with Gasteiger partial charge >= 0.3 is 0 Å². The lowest BCUT2D eigenvalue weighted by Crippen LogP contribution is -2.28. The maximum absolute atomic E-state index is 4.17. The van der Waals surface area contributed by atoms with E-state index in [1.165, 1.54) is 32.1 Å². The summed E-state index contributed by atoms with van der Waals surface area (Å²) in [6, 6.07) is 0. The van der Waals surface area contributed by atoms with E-state index in [0.717, 1.165) is 24.8 Å². The van der Waals surface area contributed by atoms with Gasteiger partial charge in [0.25, 0.3) is 0 Å². The minimum Gasteiger partial charge on any atom is -0.313 e. The van der Waals surface area contributed by atoms with E-state index in [4.69, 9.17) is 0 Å². The second kappa shape index (κ2) is 5.78. The molecule has 1 aliphatic rings.